The number of carbonyl (C=O) groups excluding carboxylic acids is 1. The van der Waals surface area contributed by atoms with Crippen LogP contribution in [0.1, 0.15) is 28.4 Å². The first kappa shape index (κ1) is 18.7. The number of hydrogen-bond donors (Lipinski definition) is 1. The number of rotatable bonds is 4. The van der Waals surface area contributed by atoms with E-state index in [4.69, 9.17) is 4.42 Å². The maximum absolute atomic E-state index is 12.5. The Balaban J connectivity index is 1.57. The fraction of sp³-hybridized carbons (Fsp3) is 0.120. The standard InChI is InChI=1S/C25H21NO3/c1-3-17-5-11-20(12-6-17)26-25(28)19-9-7-18(8-10-19)24-15-22(27)21-14-16(2)4-13-23(21)29-24/h4-15H,3H2,1-2H3,(H,26,28). The Kier molecular flexibility index (Phi) is 5.00. The molecule has 1 amide bonds. The second-order valence-corrected chi connectivity index (χ2v) is 7.06. The smallest absolute Gasteiger partial charge is 0.255 e. The molecule has 0 radical (unpaired) electrons. The number of amides is 1. The van der Waals surface area contributed by atoms with Crippen molar-refractivity contribution in [3.63, 3.8) is 0 Å². The van der Waals surface area contributed by atoms with Crippen molar-refractivity contribution in [1.82, 2.24) is 0 Å². The van der Waals surface area contributed by atoms with E-state index in [1.807, 2.05) is 43.3 Å². The number of hydrogen-bond acceptors (Lipinski definition) is 3. The number of fused-ring (bicyclic) bond motifs is 1. The molecule has 0 spiro atoms. The first-order chi connectivity index (χ1) is 14.0. The van der Waals surface area contributed by atoms with Gasteiger partial charge in [0.1, 0.15) is 11.3 Å². The number of benzene rings is 3. The van der Waals surface area contributed by atoms with Crippen LogP contribution in [0.2, 0.25) is 0 Å². The summed E-state index contributed by atoms with van der Waals surface area (Å²) in [5.74, 6) is 0.296. The Hall–Kier alpha value is -3.66. The third kappa shape index (κ3) is 3.97. The first-order valence-electron chi connectivity index (χ1n) is 9.59. The molecular formula is C25H21NO3. The van der Waals surface area contributed by atoms with Gasteiger partial charge in [-0.25, -0.2) is 0 Å². The number of anilines is 1. The topological polar surface area (TPSA) is 59.3 Å². The molecule has 4 nitrogen and oxygen atoms in total. The van der Waals surface area contributed by atoms with Gasteiger partial charge in [-0.15, -0.1) is 0 Å². The van der Waals surface area contributed by atoms with Crippen LogP contribution in [0.3, 0.4) is 0 Å². The van der Waals surface area contributed by atoms with Crippen molar-refractivity contribution in [2.75, 3.05) is 5.32 Å². The summed E-state index contributed by atoms with van der Waals surface area (Å²) in [4.78, 5) is 24.9. The minimum absolute atomic E-state index is 0.0812. The second kappa shape index (κ2) is 7.76. The summed E-state index contributed by atoms with van der Waals surface area (Å²) in [5, 5.41) is 3.46. The van der Waals surface area contributed by atoms with E-state index >= 15 is 0 Å². The Morgan fingerprint density at radius 3 is 2.34 bits per heavy atom. The highest BCUT2D eigenvalue weighted by molar-refractivity contribution is 6.04. The third-order valence-corrected chi connectivity index (χ3v) is 4.93. The molecule has 144 valence electrons. The fourth-order valence-electron chi connectivity index (χ4n) is 3.23. The number of aryl methyl sites for hydroxylation is 2. The summed E-state index contributed by atoms with van der Waals surface area (Å²) in [5.41, 5.74) is 4.74. The van der Waals surface area contributed by atoms with Crippen molar-refractivity contribution in [1.29, 1.82) is 0 Å². The molecule has 0 aliphatic heterocycles. The van der Waals surface area contributed by atoms with Gasteiger partial charge in [-0.1, -0.05) is 42.8 Å². The summed E-state index contributed by atoms with van der Waals surface area (Å²) in [6.45, 7) is 4.03. The molecule has 0 aliphatic carbocycles. The monoisotopic (exact) mass is 383 g/mol. The van der Waals surface area contributed by atoms with Crippen molar-refractivity contribution >= 4 is 22.6 Å². The highest BCUT2D eigenvalue weighted by Gasteiger charge is 2.10. The van der Waals surface area contributed by atoms with Crippen molar-refractivity contribution in [3.8, 4) is 11.3 Å². The van der Waals surface area contributed by atoms with E-state index < -0.39 is 0 Å². The van der Waals surface area contributed by atoms with E-state index in [0.717, 1.165) is 23.2 Å². The van der Waals surface area contributed by atoms with Gasteiger partial charge in [0.2, 0.25) is 0 Å². The maximum Gasteiger partial charge on any atom is 0.255 e. The molecule has 3 aromatic carbocycles. The molecule has 4 rings (SSSR count). The van der Waals surface area contributed by atoms with Crippen molar-refractivity contribution in [3.05, 3.63) is 99.7 Å². The average molecular weight is 383 g/mol. The zero-order chi connectivity index (χ0) is 20.4. The minimum Gasteiger partial charge on any atom is -0.456 e. The molecule has 1 aromatic heterocycles. The predicted octanol–water partition coefficient (Wildman–Crippen LogP) is 5.58. The Morgan fingerprint density at radius 2 is 1.66 bits per heavy atom. The largest absolute Gasteiger partial charge is 0.456 e. The summed E-state index contributed by atoms with van der Waals surface area (Å²) in [6.07, 6.45) is 0.959. The van der Waals surface area contributed by atoms with E-state index in [9.17, 15) is 9.59 Å². The quantitative estimate of drug-likeness (QED) is 0.500. The van der Waals surface area contributed by atoms with E-state index in [1.165, 1.54) is 11.6 Å². The lowest BCUT2D eigenvalue weighted by Crippen LogP contribution is -2.11. The first-order valence-corrected chi connectivity index (χ1v) is 9.59. The Morgan fingerprint density at radius 1 is 0.931 bits per heavy atom. The SMILES string of the molecule is CCc1ccc(NC(=O)c2ccc(-c3cc(=O)c4cc(C)ccc4o3)cc2)cc1. The van der Waals surface area contributed by atoms with Gasteiger partial charge in [0.15, 0.2) is 5.43 Å². The van der Waals surface area contributed by atoms with E-state index in [1.54, 1.807) is 30.3 Å². The van der Waals surface area contributed by atoms with Gasteiger partial charge in [0, 0.05) is 22.9 Å². The third-order valence-electron chi connectivity index (χ3n) is 4.93. The van der Waals surface area contributed by atoms with E-state index in [0.29, 0.717) is 22.3 Å². The summed E-state index contributed by atoms with van der Waals surface area (Å²) < 4.78 is 5.90. The number of nitrogens with one attached hydrogen (secondary N) is 1. The second-order valence-electron chi connectivity index (χ2n) is 7.06. The molecule has 1 heterocycles. The van der Waals surface area contributed by atoms with Crippen LogP contribution in [0, 0.1) is 6.92 Å². The van der Waals surface area contributed by atoms with Crippen LogP contribution in [-0.4, -0.2) is 5.91 Å². The summed E-state index contributed by atoms with van der Waals surface area (Å²) >= 11 is 0. The summed E-state index contributed by atoms with van der Waals surface area (Å²) in [7, 11) is 0. The van der Waals surface area contributed by atoms with Crippen LogP contribution >= 0.6 is 0 Å². The van der Waals surface area contributed by atoms with Crippen molar-refractivity contribution in [2.45, 2.75) is 20.3 Å². The molecule has 4 heteroatoms. The van der Waals surface area contributed by atoms with E-state index in [-0.39, 0.29) is 11.3 Å². The molecule has 0 atom stereocenters. The molecule has 0 bridgehead atoms. The van der Waals surface area contributed by atoms with Gasteiger partial charge in [-0.3, -0.25) is 9.59 Å². The highest BCUT2D eigenvalue weighted by atomic mass is 16.3. The fourth-order valence-corrected chi connectivity index (χ4v) is 3.23. The van der Waals surface area contributed by atoms with E-state index in [2.05, 4.69) is 12.2 Å². The molecule has 0 unspecified atom stereocenters. The van der Waals surface area contributed by atoms with Crippen molar-refractivity contribution in [2.24, 2.45) is 0 Å². The Labute approximate surface area is 168 Å². The molecule has 0 aliphatic rings. The van der Waals surface area contributed by atoms with Gasteiger partial charge < -0.3 is 9.73 Å². The lowest BCUT2D eigenvalue weighted by atomic mass is 10.1. The van der Waals surface area contributed by atoms with Crippen LogP contribution in [-0.2, 0) is 6.42 Å². The van der Waals surface area contributed by atoms with Gasteiger partial charge >= 0.3 is 0 Å². The van der Waals surface area contributed by atoms with Gasteiger partial charge in [-0.05, 0) is 55.3 Å². The molecule has 0 fully saturated rings. The van der Waals surface area contributed by atoms with Gasteiger partial charge in [0.05, 0.1) is 5.39 Å². The Bertz CT molecular complexity index is 1240. The van der Waals surface area contributed by atoms with Crippen molar-refractivity contribution < 1.29 is 9.21 Å². The van der Waals surface area contributed by atoms with Crippen LogP contribution in [0.15, 0.2) is 82.0 Å². The molecule has 29 heavy (non-hydrogen) atoms. The molecule has 0 saturated heterocycles. The minimum atomic E-state index is -0.184. The lowest BCUT2D eigenvalue weighted by Gasteiger charge is -2.07. The zero-order valence-corrected chi connectivity index (χ0v) is 16.4. The zero-order valence-electron chi connectivity index (χ0n) is 16.4. The normalized spacial score (nSPS) is 10.8. The van der Waals surface area contributed by atoms with Crippen LogP contribution < -0.4 is 10.7 Å². The number of carbonyl (C=O) groups is 1. The molecule has 0 saturated carbocycles. The van der Waals surface area contributed by atoms with Crippen LogP contribution in [0.5, 0.6) is 0 Å². The lowest BCUT2D eigenvalue weighted by molar-refractivity contribution is 0.102. The summed E-state index contributed by atoms with van der Waals surface area (Å²) in [6, 6.07) is 21.9. The van der Waals surface area contributed by atoms with Crippen LogP contribution in [0.4, 0.5) is 5.69 Å². The van der Waals surface area contributed by atoms with Gasteiger partial charge in [0.25, 0.3) is 5.91 Å². The highest BCUT2D eigenvalue weighted by Crippen LogP contribution is 2.23. The average Bonchev–Trinajstić information content (AvgIpc) is 2.75. The van der Waals surface area contributed by atoms with Gasteiger partial charge in [-0.2, -0.15) is 0 Å². The van der Waals surface area contributed by atoms with Crippen LogP contribution in [0.25, 0.3) is 22.3 Å². The predicted molar refractivity (Wildman–Crippen MR) is 116 cm³/mol. The molecular weight excluding hydrogens is 362 g/mol. The molecule has 1 N–H and O–H groups in total. The maximum atomic E-state index is 12.5. The molecule has 4 aromatic rings.